The predicted molar refractivity (Wildman–Crippen MR) is 61.9 cm³/mol. The molecule has 0 aromatic carbocycles. The van der Waals surface area contributed by atoms with E-state index in [1.165, 1.54) is 16.8 Å². The van der Waals surface area contributed by atoms with Crippen LogP contribution in [-0.2, 0) is 22.6 Å². The predicted octanol–water partition coefficient (Wildman–Crippen LogP) is -0.0169. The molecular formula is C11H16N2O4. The summed E-state index contributed by atoms with van der Waals surface area (Å²) >= 11 is 0. The Balaban J connectivity index is 3.06. The summed E-state index contributed by atoms with van der Waals surface area (Å²) in [7, 11) is 0. The molecule has 0 N–H and O–H groups in total. The Hall–Kier alpha value is -1.85. The van der Waals surface area contributed by atoms with Crippen molar-refractivity contribution in [1.29, 1.82) is 0 Å². The lowest BCUT2D eigenvalue weighted by Crippen LogP contribution is -2.41. The number of esters is 1. The van der Waals surface area contributed by atoms with Crippen LogP contribution >= 0.6 is 0 Å². The van der Waals surface area contributed by atoms with Crippen LogP contribution in [0.1, 0.15) is 20.3 Å². The summed E-state index contributed by atoms with van der Waals surface area (Å²) in [5.74, 6) is -0.582. The quantitative estimate of drug-likeness (QED) is 0.678. The molecule has 6 nitrogen and oxygen atoms in total. The number of hydrogen-bond donors (Lipinski definition) is 0. The van der Waals surface area contributed by atoms with Gasteiger partial charge in [-0.15, -0.1) is 0 Å². The molecule has 1 aromatic heterocycles. The van der Waals surface area contributed by atoms with E-state index in [4.69, 9.17) is 4.74 Å². The molecule has 0 saturated carbocycles. The van der Waals surface area contributed by atoms with Crippen molar-refractivity contribution in [2.24, 2.45) is 0 Å². The van der Waals surface area contributed by atoms with Gasteiger partial charge in [0.2, 0.25) is 0 Å². The highest BCUT2D eigenvalue weighted by Crippen LogP contribution is 1.86. The van der Waals surface area contributed by atoms with E-state index in [1.807, 2.05) is 6.92 Å². The molecule has 0 amide bonds. The molecule has 0 bridgehead atoms. The third kappa shape index (κ3) is 3.30. The number of aryl methyl sites for hydroxylation is 1. The van der Waals surface area contributed by atoms with Crippen molar-refractivity contribution in [3.8, 4) is 0 Å². The molecular weight excluding hydrogens is 224 g/mol. The molecule has 0 unspecified atom stereocenters. The van der Waals surface area contributed by atoms with Crippen LogP contribution in [0.2, 0.25) is 0 Å². The molecule has 0 aliphatic heterocycles. The minimum atomic E-state index is -0.582. The molecule has 1 rings (SSSR count). The smallest absolute Gasteiger partial charge is 0.331 e. The largest absolute Gasteiger partial charge is 0.465 e. The number of hydrogen-bond acceptors (Lipinski definition) is 4. The molecule has 1 aromatic rings. The third-order valence-electron chi connectivity index (χ3n) is 2.20. The SMILES string of the molecule is CCCn1ccc(=O)n(CC(=O)OCC)c1=O. The Labute approximate surface area is 98.4 Å². The highest BCUT2D eigenvalue weighted by molar-refractivity contribution is 5.69. The van der Waals surface area contributed by atoms with E-state index >= 15 is 0 Å². The maximum atomic E-state index is 11.8. The maximum absolute atomic E-state index is 11.8. The molecule has 0 spiro atoms. The fourth-order valence-corrected chi connectivity index (χ4v) is 1.45. The molecule has 94 valence electrons. The van der Waals surface area contributed by atoms with Crippen molar-refractivity contribution in [3.63, 3.8) is 0 Å². The Morgan fingerprint density at radius 1 is 1.35 bits per heavy atom. The van der Waals surface area contributed by atoms with Crippen molar-refractivity contribution in [1.82, 2.24) is 9.13 Å². The molecule has 0 saturated heterocycles. The van der Waals surface area contributed by atoms with Crippen LogP contribution in [-0.4, -0.2) is 21.7 Å². The average molecular weight is 240 g/mol. The second-order valence-electron chi connectivity index (χ2n) is 3.52. The molecule has 17 heavy (non-hydrogen) atoms. The summed E-state index contributed by atoms with van der Waals surface area (Å²) < 4.78 is 6.99. The number of carbonyl (C=O) groups is 1. The summed E-state index contributed by atoms with van der Waals surface area (Å²) in [6, 6.07) is 1.27. The fraction of sp³-hybridized carbons (Fsp3) is 0.545. The second-order valence-corrected chi connectivity index (χ2v) is 3.52. The van der Waals surface area contributed by atoms with Gasteiger partial charge in [-0.25, -0.2) is 9.36 Å². The van der Waals surface area contributed by atoms with Crippen LogP contribution in [0.3, 0.4) is 0 Å². The van der Waals surface area contributed by atoms with Gasteiger partial charge in [-0.2, -0.15) is 0 Å². The Bertz CT molecular complexity index is 501. The first-order chi connectivity index (χ1) is 8.10. The number of rotatable bonds is 5. The highest BCUT2D eigenvalue weighted by atomic mass is 16.5. The first-order valence-electron chi connectivity index (χ1n) is 5.56. The van der Waals surface area contributed by atoms with Gasteiger partial charge in [-0.1, -0.05) is 6.92 Å². The van der Waals surface area contributed by atoms with Gasteiger partial charge in [0, 0.05) is 18.8 Å². The summed E-state index contributed by atoms with van der Waals surface area (Å²) in [5.41, 5.74) is -0.970. The molecule has 0 atom stereocenters. The zero-order chi connectivity index (χ0) is 12.8. The van der Waals surface area contributed by atoms with Crippen molar-refractivity contribution in [3.05, 3.63) is 33.1 Å². The number of ether oxygens (including phenoxy) is 1. The number of carbonyl (C=O) groups excluding carboxylic acids is 1. The molecule has 1 heterocycles. The van der Waals surface area contributed by atoms with Gasteiger partial charge in [0.15, 0.2) is 0 Å². The van der Waals surface area contributed by atoms with Crippen molar-refractivity contribution in [2.45, 2.75) is 33.4 Å². The molecule has 0 aliphatic rings. The topological polar surface area (TPSA) is 70.3 Å². The fourth-order valence-electron chi connectivity index (χ4n) is 1.45. The maximum Gasteiger partial charge on any atom is 0.331 e. The van der Waals surface area contributed by atoms with Crippen LogP contribution in [0.15, 0.2) is 21.9 Å². The van der Waals surface area contributed by atoms with Crippen molar-refractivity contribution in [2.75, 3.05) is 6.61 Å². The van der Waals surface area contributed by atoms with Gasteiger partial charge in [0.05, 0.1) is 6.61 Å². The number of nitrogens with zero attached hydrogens (tertiary/aromatic N) is 2. The standard InChI is InChI=1S/C11H16N2O4/c1-3-6-12-7-5-9(14)13(11(12)16)8-10(15)17-4-2/h5,7H,3-4,6,8H2,1-2H3. The van der Waals surface area contributed by atoms with Gasteiger partial charge in [0.25, 0.3) is 5.56 Å². The first-order valence-corrected chi connectivity index (χ1v) is 5.56. The van der Waals surface area contributed by atoms with E-state index in [1.54, 1.807) is 6.92 Å². The van der Waals surface area contributed by atoms with E-state index in [9.17, 15) is 14.4 Å². The minimum Gasteiger partial charge on any atom is -0.465 e. The van der Waals surface area contributed by atoms with E-state index in [-0.39, 0.29) is 13.2 Å². The first kappa shape index (κ1) is 13.2. The van der Waals surface area contributed by atoms with Crippen LogP contribution in [0.5, 0.6) is 0 Å². The highest BCUT2D eigenvalue weighted by Gasteiger charge is 2.09. The van der Waals surface area contributed by atoms with Gasteiger partial charge >= 0.3 is 11.7 Å². The normalized spacial score (nSPS) is 10.2. The molecule has 0 aliphatic carbocycles. The number of aromatic nitrogens is 2. The van der Waals surface area contributed by atoms with E-state index in [2.05, 4.69) is 0 Å². The third-order valence-corrected chi connectivity index (χ3v) is 2.20. The van der Waals surface area contributed by atoms with Crippen LogP contribution in [0.25, 0.3) is 0 Å². The summed E-state index contributed by atoms with van der Waals surface area (Å²) in [6.45, 7) is 4.00. The van der Waals surface area contributed by atoms with Crippen LogP contribution in [0.4, 0.5) is 0 Å². The Morgan fingerprint density at radius 2 is 2.06 bits per heavy atom. The van der Waals surface area contributed by atoms with Crippen molar-refractivity contribution >= 4 is 5.97 Å². The molecule has 6 heteroatoms. The summed E-state index contributed by atoms with van der Waals surface area (Å²) in [4.78, 5) is 34.6. The lowest BCUT2D eigenvalue weighted by molar-refractivity contribution is -0.143. The summed E-state index contributed by atoms with van der Waals surface area (Å²) in [5, 5.41) is 0. The minimum absolute atomic E-state index is 0.226. The molecule has 0 fully saturated rings. The van der Waals surface area contributed by atoms with Crippen molar-refractivity contribution < 1.29 is 9.53 Å². The molecule has 0 radical (unpaired) electrons. The lowest BCUT2D eigenvalue weighted by atomic mass is 10.4. The summed E-state index contributed by atoms with van der Waals surface area (Å²) in [6.07, 6.45) is 2.22. The van der Waals surface area contributed by atoms with E-state index in [0.717, 1.165) is 11.0 Å². The monoisotopic (exact) mass is 240 g/mol. The Morgan fingerprint density at radius 3 is 2.65 bits per heavy atom. The zero-order valence-corrected chi connectivity index (χ0v) is 10.0. The Kier molecular flexibility index (Phi) is 4.68. The average Bonchev–Trinajstić information content (AvgIpc) is 2.29. The van der Waals surface area contributed by atoms with Crippen LogP contribution in [0, 0.1) is 0 Å². The van der Waals surface area contributed by atoms with Gasteiger partial charge in [-0.05, 0) is 13.3 Å². The van der Waals surface area contributed by atoms with E-state index in [0.29, 0.717) is 6.54 Å². The zero-order valence-electron chi connectivity index (χ0n) is 10.0. The second kappa shape index (κ2) is 6.03. The van der Waals surface area contributed by atoms with Gasteiger partial charge in [0.1, 0.15) is 6.54 Å². The van der Waals surface area contributed by atoms with E-state index < -0.39 is 17.2 Å². The van der Waals surface area contributed by atoms with Gasteiger partial charge in [-0.3, -0.25) is 9.59 Å². The van der Waals surface area contributed by atoms with Crippen LogP contribution < -0.4 is 11.2 Å². The van der Waals surface area contributed by atoms with Gasteiger partial charge < -0.3 is 9.30 Å². The lowest BCUT2D eigenvalue weighted by Gasteiger charge is -2.08.